The van der Waals surface area contributed by atoms with Crippen molar-refractivity contribution in [3.63, 3.8) is 0 Å². The van der Waals surface area contributed by atoms with Crippen molar-refractivity contribution in [3.05, 3.63) is 63.8 Å². The van der Waals surface area contributed by atoms with Crippen LogP contribution in [0.15, 0.2) is 51.4 Å². The summed E-state index contributed by atoms with van der Waals surface area (Å²) in [7, 11) is 0. The van der Waals surface area contributed by atoms with Crippen LogP contribution < -0.4 is 5.32 Å². The zero-order valence-corrected chi connectivity index (χ0v) is 17.1. The number of rotatable bonds is 5. The number of ketones is 1. The Balaban J connectivity index is 1.72. The number of Topliss-reactive ketones (excluding diaryl/α,β-unsaturated/α-hetero) is 1. The van der Waals surface area contributed by atoms with Crippen LogP contribution in [0, 0.1) is 6.92 Å². The number of nitrogens with one attached hydrogen (secondary N) is 1. The molecule has 0 spiro atoms. The van der Waals surface area contributed by atoms with Gasteiger partial charge in [0.05, 0.1) is 0 Å². The van der Waals surface area contributed by atoms with Crippen LogP contribution in [0.1, 0.15) is 40.3 Å². The fourth-order valence-corrected chi connectivity index (χ4v) is 3.08. The number of halogens is 1. The van der Waals surface area contributed by atoms with E-state index in [4.69, 9.17) is 9.15 Å². The van der Waals surface area contributed by atoms with E-state index in [2.05, 4.69) is 21.2 Å². The van der Waals surface area contributed by atoms with E-state index in [9.17, 15) is 14.4 Å². The van der Waals surface area contributed by atoms with E-state index in [1.165, 1.54) is 13.8 Å². The molecule has 3 aromatic rings. The number of anilines is 1. The third kappa shape index (κ3) is 4.14. The Kier molecular flexibility index (Phi) is 5.65. The molecule has 2 aromatic carbocycles. The minimum atomic E-state index is -1.05. The van der Waals surface area contributed by atoms with Crippen LogP contribution in [0.25, 0.3) is 11.0 Å². The predicted molar refractivity (Wildman–Crippen MR) is 109 cm³/mol. The summed E-state index contributed by atoms with van der Waals surface area (Å²) in [5, 5.41) is 3.43. The Bertz CT molecular complexity index is 1090. The summed E-state index contributed by atoms with van der Waals surface area (Å²) in [6, 6.07) is 12.0. The van der Waals surface area contributed by atoms with Gasteiger partial charge in [-0.15, -0.1) is 0 Å². The SMILES string of the molecule is CC(=O)c1cccc(NC(=O)[C@@H](C)OC(=O)c2oc3ccc(Br)cc3c2C)c1. The van der Waals surface area contributed by atoms with Crippen LogP contribution in [-0.2, 0) is 9.53 Å². The summed E-state index contributed by atoms with van der Waals surface area (Å²) < 4.78 is 11.7. The van der Waals surface area contributed by atoms with Crippen molar-refractivity contribution >= 4 is 50.2 Å². The van der Waals surface area contributed by atoms with E-state index < -0.39 is 18.0 Å². The van der Waals surface area contributed by atoms with E-state index in [0.717, 1.165) is 9.86 Å². The number of esters is 1. The first-order valence-corrected chi connectivity index (χ1v) is 9.37. The lowest BCUT2D eigenvalue weighted by Crippen LogP contribution is -2.30. The molecule has 0 saturated carbocycles. The Morgan fingerprint density at radius 3 is 2.61 bits per heavy atom. The molecule has 144 valence electrons. The normalized spacial score (nSPS) is 11.9. The van der Waals surface area contributed by atoms with Gasteiger partial charge in [0, 0.05) is 26.7 Å². The zero-order valence-electron chi connectivity index (χ0n) is 15.5. The van der Waals surface area contributed by atoms with Gasteiger partial charge in [0.1, 0.15) is 5.58 Å². The van der Waals surface area contributed by atoms with Crippen molar-refractivity contribution in [2.45, 2.75) is 26.9 Å². The zero-order chi connectivity index (χ0) is 20.4. The number of ether oxygens (including phenoxy) is 1. The Morgan fingerprint density at radius 1 is 1.14 bits per heavy atom. The second kappa shape index (κ2) is 7.98. The molecule has 1 heterocycles. The Labute approximate surface area is 170 Å². The van der Waals surface area contributed by atoms with E-state index >= 15 is 0 Å². The summed E-state index contributed by atoms with van der Waals surface area (Å²) in [4.78, 5) is 36.3. The molecular formula is C21H18BrNO5. The van der Waals surface area contributed by atoms with Gasteiger partial charge in [-0.3, -0.25) is 9.59 Å². The maximum Gasteiger partial charge on any atom is 0.375 e. The predicted octanol–water partition coefficient (Wildman–Crippen LogP) is 4.89. The molecule has 28 heavy (non-hydrogen) atoms. The summed E-state index contributed by atoms with van der Waals surface area (Å²) in [5.74, 6) is -1.27. The lowest BCUT2D eigenvalue weighted by Gasteiger charge is -2.13. The molecule has 1 aromatic heterocycles. The molecular weight excluding hydrogens is 426 g/mol. The topological polar surface area (TPSA) is 85.6 Å². The van der Waals surface area contributed by atoms with Crippen LogP contribution in [0.3, 0.4) is 0 Å². The molecule has 0 fully saturated rings. The number of aryl methyl sites for hydroxylation is 1. The summed E-state index contributed by atoms with van der Waals surface area (Å²) in [5.41, 5.74) is 2.13. The molecule has 0 radical (unpaired) electrons. The minimum absolute atomic E-state index is 0.0614. The highest BCUT2D eigenvalue weighted by Gasteiger charge is 2.24. The van der Waals surface area contributed by atoms with Gasteiger partial charge in [0.25, 0.3) is 5.91 Å². The minimum Gasteiger partial charge on any atom is -0.449 e. The highest BCUT2D eigenvalue weighted by Crippen LogP contribution is 2.28. The number of hydrogen-bond acceptors (Lipinski definition) is 5. The molecule has 1 N–H and O–H groups in total. The molecule has 7 heteroatoms. The number of benzene rings is 2. The van der Waals surface area contributed by atoms with Gasteiger partial charge in [-0.2, -0.15) is 0 Å². The number of carbonyl (C=O) groups excluding carboxylic acids is 3. The molecule has 0 aliphatic heterocycles. The van der Waals surface area contributed by atoms with Crippen LogP contribution in [0.5, 0.6) is 0 Å². The second-order valence-corrected chi connectivity index (χ2v) is 7.29. The molecule has 0 aliphatic carbocycles. The highest BCUT2D eigenvalue weighted by molar-refractivity contribution is 9.10. The Hall–Kier alpha value is -2.93. The molecule has 0 bridgehead atoms. The molecule has 3 rings (SSSR count). The van der Waals surface area contributed by atoms with Crippen molar-refractivity contribution in [1.29, 1.82) is 0 Å². The number of furan rings is 1. The quantitative estimate of drug-likeness (QED) is 0.448. The maximum atomic E-state index is 12.5. The molecule has 0 aliphatic rings. The van der Waals surface area contributed by atoms with E-state index in [1.807, 2.05) is 12.1 Å². The highest BCUT2D eigenvalue weighted by atomic mass is 79.9. The lowest BCUT2D eigenvalue weighted by molar-refractivity contribution is -0.123. The number of amides is 1. The van der Waals surface area contributed by atoms with Crippen molar-refractivity contribution in [2.75, 3.05) is 5.32 Å². The summed E-state index contributed by atoms with van der Waals surface area (Å²) in [6.07, 6.45) is -1.05. The average Bonchev–Trinajstić information content (AvgIpc) is 2.98. The van der Waals surface area contributed by atoms with Crippen molar-refractivity contribution in [1.82, 2.24) is 0 Å². The number of fused-ring (bicyclic) bond motifs is 1. The third-order valence-corrected chi connectivity index (χ3v) is 4.77. The van der Waals surface area contributed by atoms with Crippen LogP contribution in [-0.4, -0.2) is 23.8 Å². The first-order chi connectivity index (χ1) is 13.3. The standard InChI is InChI=1S/C21H18BrNO5/c1-11-17-10-15(22)7-8-18(17)28-19(11)21(26)27-13(3)20(25)23-16-6-4-5-14(9-16)12(2)24/h4-10,13H,1-3H3,(H,23,25)/t13-/m1/s1. The molecule has 1 atom stereocenters. The molecule has 6 nitrogen and oxygen atoms in total. The molecule has 0 saturated heterocycles. The third-order valence-electron chi connectivity index (χ3n) is 4.27. The van der Waals surface area contributed by atoms with Gasteiger partial charge in [-0.05, 0) is 51.1 Å². The number of carbonyl (C=O) groups is 3. The van der Waals surface area contributed by atoms with Crippen molar-refractivity contribution in [3.8, 4) is 0 Å². The van der Waals surface area contributed by atoms with Gasteiger partial charge >= 0.3 is 5.97 Å². The van der Waals surface area contributed by atoms with E-state index in [1.54, 1.807) is 37.3 Å². The van der Waals surface area contributed by atoms with E-state index in [-0.39, 0.29) is 11.5 Å². The van der Waals surface area contributed by atoms with Crippen LogP contribution in [0.2, 0.25) is 0 Å². The fraction of sp³-hybridized carbons (Fsp3) is 0.190. The Morgan fingerprint density at radius 2 is 1.89 bits per heavy atom. The van der Waals surface area contributed by atoms with Crippen molar-refractivity contribution in [2.24, 2.45) is 0 Å². The second-order valence-electron chi connectivity index (χ2n) is 6.37. The van der Waals surface area contributed by atoms with Crippen molar-refractivity contribution < 1.29 is 23.5 Å². The summed E-state index contributed by atoms with van der Waals surface area (Å²) in [6.45, 7) is 4.67. The van der Waals surface area contributed by atoms with Gasteiger partial charge < -0.3 is 14.5 Å². The average molecular weight is 444 g/mol. The first kappa shape index (κ1) is 19.8. The van der Waals surface area contributed by atoms with Gasteiger partial charge in [-0.25, -0.2) is 4.79 Å². The monoisotopic (exact) mass is 443 g/mol. The number of hydrogen-bond donors (Lipinski definition) is 1. The van der Waals surface area contributed by atoms with E-state index in [0.29, 0.717) is 22.4 Å². The first-order valence-electron chi connectivity index (χ1n) is 8.57. The smallest absolute Gasteiger partial charge is 0.375 e. The summed E-state index contributed by atoms with van der Waals surface area (Å²) >= 11 is 3.39. The largest absolute Gasteiger partial charge is 0.449 e. The fourth-order valence-electron chi connectivity index (χ4n) is 2.72. The molecule has 1 amide bonds. The van der Waals surface area contributed by atoms with Crippen LogP contribution in [0.4, 0.5) is 5.69 Å². The van der Waals surface area contributed by atoms with Gasteiger partial charge in [-0.1, -0.05) is 28.1 Å². The lowest BCUT2D eigenvalue weighted by atomic mass is 10.1. The van der Waals surface area contributed by atoms with Gasteiger partial charge in [0.2, 0.25) is 5.76 Å². The molecule has 0 unspecified atom stereocenters. The maximum absolute atomic E-state index is 12.5. The van der Waals surface area contributed by atoms with Gasteiger partial charge in [0.15, 0.2) is 11.9 Å². The van der Waals surface area contributed by atoms with Crippen LogP contribution >= 0.6 is 15.9 Å².